The van der Waals surface area contributed by atoms with E-state index in [1.54, 1.807) is 19.5 Å². The van der Waals surface area contributed by atoms with E-state index in [-0.39, 0.29) is 5.95 Å². The molecule has 3 aromatic heterocycles. The number of nitrogens with zero attached hydrogens (tertiary/aromatic N) is 6. The minimum atomic E-state index is 0.222. The van der Waals surface area contributed by atoms with E-state index in [2.05, 4.69) is 20.0 Å². The average Bonchev–Trinajstić information content (AvgIpc) is 3.06. The van der Waals surface area contributed by atoms with Gasteiger partial charge in [0.05, 0.1) is 31.1 Å². The second kappa shape index (κ2) is 6.61. The lowest BCUT2D eigenvalue weighted by atomic mass is 10.3. The van der Waals surface area contributed by atoms with Crippen LogP contribution in [-0.2, 0) is 16.1 Å². The molecule has 0 unspecified atom stereocenters. The molecule has 4 heterocycles. The smallest absolute Gasteiger partial charge is 0.219 e. The molecular weight excluding hydrogens is 322 g/mol. The van der Waals surface area contributed by atoms with Crippen molar-refractivity contribution in [2.24, 2.45) is 0 Å². The van der Waals surface area contributed by atoms with Gasteiger partial charge in [-0.05, 0) is 12.1 Å². The van der Waals surface area contributed by atoms with Crippen molar-refractivity contribution < 1.29 is 9.47 Å². The highest BCUT2D eigenvalue weighted by Gasteiger charge is 2.20. The van der Waals surface area contributed by atoms with E-state index in [1.807, 2.05) is 16.6 Å². The van der Waals surface area contributed by atoms with Crippen LogP contribution in [0.25, 0.3) is 16.9 Å². The standard InChI is InChI=1S/C16H19N7O2/c1-24-10-12-2-3-13-15(22-4-6-25-7-5-22)20-14(21-23(12)13)11-8-18-16(17)19-9-11/h2-3,8-9H,4-7,10H2,1H3,(H2,17,18,19). The zero-order valence-corrected chi connectivity index (χ0v) is 13.9. The van der Waals surface area contributed by atoms with Gasteiger partial charge >= 0.3 is 0 Å². The molecule has 3 aromatic rings. The molecule has 130 valence electrons. The van der Waals surface area contributed by atoms with E-state index in [0.29, 0.717) is 31.2 Å². The minimum absolute atomic E-state index is 0.222. The second-order valence-corrected chi connectivity index (χ2v) is 5.74. The SMILES string of the molecule is COCc1ccc2c(N3CCOCC3)nc(-c3cnc(N)nc3)nn12. The Kier molecular flexibility index (Phi) is 4.16. The number of fused-ring (bicyclic) bond motifs is 1. The van der Waals surface area contributed by atoms with E-state index in [9.17, 15) is 0 Å². The number of nitrogens with two attached hydrogens (primary N) is 1. The number of ether oxygens (including phenoxy) is 2. The first-order valence-corrected chi connectivity index (χ1v) is 8.04. The predicted molar refractivity (Wildman–Crippen MR) is 92.2 cm³/mol. The van der Waals surface area contributed by atoms with Crippen molar-refractivity contribution in [1.29, 1.82) is 0 Å². The maximum atomic E-state index is 5.58. The van der Waals surface area contributed by atoms with Gasteiger partial charge in [0.15, 0.2) is 11.6 Å². The highest BCUT2D eigenvalue weighted by Crippen LogP contribution is 2.25. The van der Waals surface area contributed by atoms with E-state index in [4.69, 9.17) is 20.2 Å². The summed E-state index contributed by atoms with van der Waals surface area (Å²) >= 11 is 0. The Bertz CT molecular complexity index is 872. The van der Waals surface area contributed by atoms with Gasteiger partial charge in [-0.2, -0.15) is 0 Å². The number of morpholine rings is 1. The number of anilines is 2. The highest BCUT2D eigenvalue weighted by atomic mass is 16.5. The summed E-state index contributed by atoms with van der Waals surface area (Å²) in [5, 5.41) is 4.66. The molecule has 25 heavy (non-hydrogen) atoms. The number of aromatic nitrogens is 5. The van der Waals surface area contributed by atoms with Crippen molar-refractivity contribution in [1.82, 2.24) is 24.6 Å². The van der Waals surface area contributed by atoms with Crippen LogP contribution in [0.2, 0.25) is 0 Å². The Balaban J connectivity index is 1.87. The van der Waals surface area contributed by atoms with Crippen LogP contribution in [0.15, 0.2) is 24.5 Å². The zero-order valence-electron chi connectivity index (χ0n) is 13.9. The van der Waals surface area contributed by atoms with Crippen molar-refractivity contribution in [3.63, 3.8) is 0 Å². The average molecular weight is 341 g/mol. The summed E-state index contributed by atoms with van der Waals surface area (Å²) in [5.74, 6) is 1.63. The van der Waals surface area contributed by atoms with Crippen molar-refractivity contribution in [3.8, 4) is 11.4 Å². The quantitative estimate of drug-likeness (QED) is 0.741. The molecule has 1 fully saturated rings. The fraction of sp³-hybridized carbons (Fsp3) is 0.375. The Hall–Kier alpha value is -2.78. The van der Waals surface area contributed by atoms with Crippen LogP contribution < -0.4 is 10.6 Å². The lowest BCUT2D eigenvalue weighted by molar-refractivity contribution is 0.122. The molecule has 0 spiro atoms. The van der Waals surface area contributed by atoms with Crippen LogP contribution in [0.4, 0.5) is 11.8 Å². The van der Waals surface area contributed by atoms with Gasteiger partial charge in [-0.25, -0.2) is 19.5 Å². The summed E-state index contributed by atoms with van der Waals surface area (Å²) in [5.41, 5.74) is 8.18. The first kappa shape index (κ1) is 15.7. The first-order chi connectivity index (χ1) is 12.3. The lowest BCUT2D eigenvalue weighted by Gasteiger charge is -2.28. The fourth-order valence-electron chi connectivity index (χ4n) is 2.87. The molecule has 1 saturated heterocycles. The third kappa shape index (κ3) is 2.99. The molecule has 2 N–H and O–H groups in total. The molecule has 0 atom stereocenters. The number of hydrogen-bond donors (Lipinski definition) is 1. The third-order valence-electron chi connectivity index (χ3n) is 4.10. The van der Waals surface area contributed by atoms with Crippen molar-refractivity contribution in [2.45, 2.75) is 6.61 Å². The van der Waals surface area contributed by atoms with Crippen LogP contribution in [0.5, 0.6) is 0 Å². The molecular formula is C16H19N7O2. The summed E-state index contributed by atoms with van der Waals surface area (Å²) in [6, 6.07) is 4.02. The normalized spacial score (nSPS) is 15.0. The fourth-order valence-corrected chi connectivity index (χ4v) is 2.87. The van der Waals surface area contributed by atoms with Crippen LogP contribution in [0, 0.1) is 0 Å². The molecule has 0 aliphatic carbocycles. The summed E-state index contributed by atoms with van der Waals surface area (Å²) in [4.78, 5) is 15.1. The highest BCUT2D eigenvalue weighted by molar-refractivity contribution is 5.72. The largest absolute Gasteiger partial charge is 0.378 e. The van der Waals surface area contributed by atoms with Crippen LogP contribution in [0.1, 0.15) is 5.69 Å². The molecule has 1 aliphatic heterocycles. The number of rotatable bonds is 4. The Labute approximate surface area is 144 Å². The minimum Gasteiger partial charge on any atom is -0.378 e. The summed E-state index contributed by atoms with van der Waals surface area (Å²) < 4.78 is 12.6. The number of methoxy groups -OCH3 is 1. The van der Waals surface area contributed by atoms with E-state index in [0.717, 1.165) is 30.1 Å². The number of nitrogen functional groups attached to an aromatic ring is 1. The van der Waals surface area contributed by atoms with Gasteiger partial charge in [0.2, 0.25) is 5.95 Å². The maximum absolute atomic E-state index is 5.58. The molecule has 4 rings (SSSR count). The summed E-state index contributed by atoms with van der Waals surface area (Å²) in [6.07, 6.45) is 3.26. The molecule has 0 amide bonds. The Morgan fingerprint density at radius 3 is 2.68 bits per heavy atom. The van der Waals surface area contributed by atoms with E-state index in [1.165, 1.54) is 0 Å². The molecule has 9 heteroatoms. The summed E-state index contributed by atoms with van der Waals surface area (Å²) in [6.45, 7) is 3.40. The van der Waals surface area contributed by atoms with Gasteiger partial charge in [0, 0.05) is 32.6 Å². The van der Waals surface area contributed by atoms with Gasteiger partial charge < -0.3 is 20.1 Å². The summed E-state index contributed by atoms with van der Waals surface area (Å²) in [7, 11) is 1.66. The lowest BCUT2D eigenvalue weighted by Crippen LogP contribution is -2.37. The van der Waals surface area contributed by atoms with Crippen molar-refractivity contribution in [3.05, 3.63) is 30.2 Å². The number of hydrogen-bond acceptors (Lipinski definition) is 8. The molecule has 0 bridgehead atoms. The predicted octanol–water partition coefficient (Wildman–Crippen LogP) is 0.751. The Morgan fingerprint density at radius 2 is 1.96 bits per heavy atom. The third-order valence-corrected chi connectivity index (χ3v) is 4.10. The van der Waals surface area contributed by atoms with Crippen molar-refractivity contribution in [2.75, 3.05) is 44.0 Å². The Morgan fingerprint density at radius 1 is 1.20 bits per heavy atom. The van der Waals surface area contributed by atoms with Gasteiger partial charge in [0.25, 0.3) is 0 Å². The van der Waals surface area contributed by atoms with Gasteiger partial charge in [-0.3, -0.25) is 0 Å². The molecule has 9 nitrogen and oxygen atoms in total. The van der Waals surface area contributed by atoms with E-state index >= 15 is 0 Å². The monoisotopic (exact) mass is 341 g/mol. The van der Waals surface area contributed by atoms with Crippen LogP contribution in [-0.4, -0.2) is 58.0 Å². The van der Waals surface area contributed by atoms with Gasteiger partial charge in [-0.15, -0.1) is 5.10 Å². The van der Waals surface area contributed by atoms with Crippen LogP contribution >= 0.6 is 0 Å². The maximum Gasteiger partial charge on any atom is 0.219 e. The molecule has 1 aliphatic rings. The van der Waals surface area contributed by atoms with Gasteiger partial charge in [0.1, 0.15) is 5.52 Å². The van der Waals surface area contributed by atoms with E-state index < -0.39 is 0 Å². The zero-order chi connectivity index (χ0) is 17.2. The molecule has 0 aromatic carbocycles. The molecule has 0 saturated carbocycles. The second-order valence-electron chi connectivity index (χ2n) is 5.74. The van der Waals surface area contributed by atoms with Crippen molar-refractivity contribution >= 4 is 17.3 Å². The van der Waals surface area contributed by atoms with Gasteiger partial charge in [-0.1, -0.05) is 0 Å². The molecule has 0 radical (unpaired) electrons. The first-order valence-electron chi connectivity index (χ1n) is 8.04. The van der Waals surface area contributed by atoms with Crippen LogP contribution in [0.3, 0.4) is 0 Å². The topological polar surface area (TPSA) is 104 Å².